The highest BCUT2D eigenvalue weighted by molar-refractivity contribution is 7.89. The maximum Gasteiger partial charge on any atom is 0.243 e. The molecule has 2 aromatic carbocycles. The normalized spacial score (nSPS) is 17.7. The number of piperidine rings is 1. The Kier molecular flexibility index (Phi) is 8.05. The van der Waals surface area contributed by atoms with Crippen molar-refractivity contribution in [3.05, 3.63) is 54.6 Å². The van der Waals surface area contributed by atoms with Crippen molar-refractivity contribution < 1.29 is 21.6 Å². The van der Waals surface area contributed by atoms with E-state index < -0.39 is 20.0 Å². The number of benzene rings is 2. The molecule has 174 valence electrons. The second kappa shape index (κ2) is 10.6. The van der Waals surface area contributed by atoms with Gasteiger partial charge in [-0.3, -0.25) is 4.79 Å². The first-order valence-electron chi connectivity index (χ1n) is 10.7. The molecule has 8 nitrogen and oxygen atoms in total. The average molecular weight is 480 g/mol. The fraction of sp³-hybridized carbons (Fsp3) is 0.409. The van der Waals surface area contributed by atoms with Gasteiger partial charge < -0.3 is 5.32 Å². The molecular formula is C22H29N3O5S2. The number of carbonyl (C=O) groups excluding carboxylic acids is 1. The lowest BCUT2D eigenvalue weighted by molar-refractivity contribution is -0.116. The predicted octanol–water partition coefficient (Wildman–Crippen LogP) is 2.95. The SMILES string of the molecule is CCC1CCCCN1S(=O)(=O)c1ccc(NC(=O)CCNS(=O)(=O)c2ccccc2)cc1. The molecule has 0 radical (unpaired) electrons. The van der Waals surface area contributed by atoms with E-state index in [1.807, 2.05) is 6.92 Å². The second-order valence-electron chi connectivity index (χ2n) is 7.71. The number of rotatable bonds is 9. The molecule has 1 heterocycles. The molecular weight excluding hydrogens is 450 g/mol. The van der Waals surface area contributed by atoms with E-state index in [0.29, 0.717) is 12.2 Å². The van der Waals surface area contributed by atoms with E-state index in [-0.39, 0.29) is 34.7 Å². The van der Waals surface area contributed by atoms with Crippen LogP contribution in [0, 0.1) is 0 Å². The van der Waals surface area contributed by atoms with E-state index in [1.165, 1.54) is 24.3 Å². The molecule has 1 saturated heterocycles. The molecule has 0 saturated carbocycles. The highest BCUT2D eigenvalue weighted by Gasteiger charge is 2.32. The minimum Gasteiger partial charge on any atom is -0.326 e. The van der Waals surface area contributed by atoms with Crippen molar-refractivity contribution in [2.75, 3.05) is 18.4 Å². The quantitative estimate of drug-likeness (QED) is 0.574. The van der Waals surface area contributed by atoms with E-state index in [2.05, 4.69) is 10.0 Å². The minimum atomic E-state index is -3.67. The van der Waals surface area contributed by atoms with Crippen molar-refractivity contribution in [2.45, 2.75) is 54.9 Å². The zero-order valence-corrected chi connectivity index (χ0v) is 19.7. The van der Waals surface area contributed by atoms with Crippen molar-refractivity contribution in [1.29, 1.82) is 0 Å². The van der Waals surface area contributed by atoms with Gasteiger partial charge in [-0.25, -0.2) is 21.6 Å². The first kappa shape index (κ1) is 24.4. The number of hydrogen-bond acceptors (Lipinski definition) is 5. The summed E-state index contributed by atoms with van der Waals surface area (Å²) in [6.07, 6.45) is 3.49. The summed E-state index contributed by atoms with van der Waals surface area (Å²) in [7, 11) is -7.25. The Morgan fingerprint density at radius 1 is 0.969 bits per heavy atom. The number of amides is 1. The smallest absolute Gasteiger partial charge is 0.243 e. The predicted molar refractivity (Wildman–Crippen MR) is 123 cm³/mol. The standard InChI is InChI=1S/C22H29N3O5S2/c1-2-19-8-6-7-17-25(19)32(29,30)21-13-11-18(12-14-21)24-22(26)15-16-23-31(27,28)20-9-4-3-5-10-20/h3-5,9-14,19,23H,2,6-8,15-17H2,1H3,(H,24,26). The van der Waals surface area contributed by atoms with Crippen LogP contribution in [0.5, 0.6) is 0 Å². The van der Waals surface area contributed by atoms with E-state index in [4.69, 9.17) is 0 Å². The number of anilines is 1. The summed E-state index contributed by atoms with van der Waals surface area (Å²) >= 11 is 0. The van der Waals surface area contributed by atoms with E-state index in [0.717, 1.165) is 25.7 Å². The molecule has 0 aromatic heterocycles. The third-order valence-corrected chi connectivity index (χ3v) is 8.93. The zero-order chi connectivity index (χ0) is 23.2. The summed E-state index contributed by atoms with van der Waals surface area (Å²) in [5.74, 6) is -0.376. The van der Waals surface area contributed by atoms with Gasteiger partial charge in [0.15, 0.2) is 0 Å². The Morgan fingerprint density at radius 3 is 2.31 bits per heavy atom. The van der Waals surface area contributed by atoms with Crippen LogP contribution in [0.2, 0.25) is 0 Å². The molecule has 0 spiro atoms. The van der Waals surface area contributed by atoms with Gasteiger partial charge in [0.1, 0.15) is 0 Å². The Hall–Kier alpha value is -2.27. The lowest BCUT2D eigenvalue weighted by Gasteiger charge is -2.34. The molecule has 2 aromatic rings. The van der Waals surface area contributed by atoms with Gasteiger partial charge in [-0.15, -0.1) is 0 Å². The molecule has 0 bridgehead atoms. The summed E-state index contributed by atoms with van der Waals surface area (Å²) < 4.78 is 54.4. The monoisotopic (exact) mass is 479 g/mol. The van der Waals surface area contributed by atoms with Gasteiger partial charge in [0.25, 0.3) is 0 Å². The van der Waals surface area contributed by atoms with Crippen molar-refractivity contribution in [2.24, 2.45) is 0 Å². The number of carbonyl (C=O) groups is 1. The fourth-order valence-corrected chi connectivity index (χ4v) is 6.57. The number of sulfonamides is 2. The molecule has 0 aliphatic carbocycles. The van der Waals surface area contributed by atoms with Gasteiger partial charge in [-0.1, -0.05) is 31.5 Å². The Morgan fingerprint density at radius 2 is 1.66 bits per heavy atom. The fourth-order valence-electron chi connectivity index (χ4n) is 3.75. The van der Waals surface area contributed by atoms with Crippen LogP contribution in [0.15, 0.2) is 64.4 Å². The van der Waals surface area contributed by atoms with Crippen LogP contribution < -0.4 is 10.0 Å². The van der Waals surface area contributed by atoms with Crippen molar-refractivity contribution in [3.8, 4) is 0 Å². The highest BCUT2D eigenvalue weighted by atomic mass is 32.2. The van der Waals surface area contributed by atoms with Crippen molar-refractivity contribution >= 4 is 31.6 Å². The van der Waals surface area contributed by atoms with Gasteiger partial charge in [0.2, 0.25) is 26.0 Å². The van der Waals surface area contributed by atoms with Gasteiger partial charge in [-0.2, -0.15) is 4.31 Å². The lowest BCUT2D eigenvalue weighted by Crippen LogP contribution is -2.43. The summed E-state index contributed by atoms with van der Waals surface area (Å²) in [5, 5.41) is 2.66. The van der Waals surface area contributed by atoms with Gasteiger partial charge in [0.05, 0.1) is 9.79 Å². The highest BCUT2D eigenvalue weighted by Crippen LogP contribution is 2.27. The molecule has 3 rings (SSSR count). The average Bonchev–Trinajstić information content (AvgIpc) is 2.80. The van der Waals surface area contributed by atoms with Crippen LogP contribution in [0.3, 0.4) is 0 Å². The number of nitrogens with zero attached hydrogens (tertiary/aromatic N) is 1. The summed E-state index contributed by atoms with van der Waals surface area (Å²) in [6, 6.07) is 14.0. The number of nitrogens with one attached hydrogen (secondary N) is 2. The Bertz CT molecular complexity index is 1120. The van der Waals surface area contributed by atoms with Crippen LogP contribution in [0.25, 0.3) is 0 Å². The van der Waals surface area contributed by atoms with Gasteiger partial charge >= 0.3 is 0 Å². The molecule has 32 heavy (non-hydrogen) atoms. The van der Waals surface area contributed by atoms with Crippen molar-refractivity contribution in [3.63, 3.8) is 0 Å². The molecule has 1 atom stereocenters. The largest absolute Gasteiger partial charge is 0.326 e. The Balaban J connectivity index is 1.55. The zero-order valence-electron chi connectivity index (χ0n) is 18.0. The topological polar surface area (TPSA) is 113 Å². The third-order valence-electron chi connectivity index (χ3n) is 5.49. The molecule has 1 aliphatic rings. The second-order valence-corrected chi connectivity index (χ2v) is 11.4. The summed E-state index contributed by atoms with van der Waals surface area (Å²) in [6.45, 7) is 2.47. The molecule has 1 amide bonds. The lowest BCUT2D eigenvalue weighted by atomic mass is 10.0. The maximum absolute atomic E-state index is 13.0. The van der Waals surface area contributed by atoms with Crippen LogP contribution in [0.4, 0.5) is 5.69 Å². The molecule has 2 N–H and O–H groups in total. The molecule has 10 heteroatoms. The molecule has 1 unspecified atom stereocenters. The van der Waals surface area contributed by atoms with Gasteiger partial charge in [0, 0.05) is 31.2 Å². The van der Waals surface area contributed by atoms with Crippen LogP contribution in [-0.2, 0) is 24.8 Å². The van der Waals surface area contributed by atoms with E-state index >= 15 is 0 Å². The van der Waals surface area contributed by atoms with Crippen LogP contribution >= 0.6 is 0 Å². The molecule has 1 fully saturated rings. The number of hydrogen-bond donors (Lipinski definition) is 2. The first-order valence-corrected chi connectivity index (χ1v) is 13.6. The van der Waals surface area contributed by atoms with Crippen LogP contribution in [-0.4, -0.2) is 46.2 Å². The molecule has 1 aliphatic heterocycles. The van der Waals surface area contributed by atoms with Crippen molar-refractivity contribution in [1.82, 2.24) is 9.03 Å². The minimum absolute atomic E-state index is 0.0211. The van der Waals surface area contributed by atoms with Crippen LogP contribution in [0.1, 0.15) is 39.0 Å². The first-order chi connectivity index (χ1) is 15.2. The van der Waals surface area contributed by atoms with E-state index in [9.17, 15) is 21.6 Å². The van der Waals surface area contributed by atoms with Gasteiger partial charge in [-0.05, 0) is 55.7 Å². The Labute approximate surface area is 190 Å². The van der Waals surface area contributed by atoms with E-state index in [1.54, 1.807) is 34.6 Å². The maximum atomic E-state index is 13.0. The third kappa shape index (κ3) is 5.94. The summed E-state index contributed by atoms with van der Waals surface area (Å²) in [4.78, 5) is 12.5. The summed E-state index contributed by atoms with van der Waals surface area (Å²) in [5.41, 5.74) is 0.450.